The van der Waals surface area contributed by atoms with E-state index in [1.165, 1.54) is 0 Å². The molecule has 0 radical (unpaired) electrons. The second-order valence-corrected chi connectivity index (χ2v) is 9.45. The lowest BCUT2D eigenvalue weighted by Crippen LogP contribution is -2.34. The number of carboxylic acid groups (broad SMARTS) is 1. The summed E-state index contributed by atoms with van der Waals surface area (Å²) in [5, 5.41) is 8.56. The Balaban J connectivity index is 1.81. The van der Waals surface area contributed by atoms with Crippen molar-refractivity contribution in [3.63, 3.8) is 0 Å². The zero-order valence-corrected chi connectivity index (χ0v) is 17.4. The highest BCUT2D eigenvalue weighted by atomic mass is 35.5. The zero-order chi connectivity index (χ0) is 20.6. The van der Waals surface area contributed by atoms with Crippen LogP contribution in [0.1, 0.15) is 23.1 Å². The Hall–Kier alpha value is -1.89. The Labute approximate surface area is 171 Å². The van der Waals surface area contributed by atoms with E-state index >= 15 is 0 Å². The molecule has 0 aliphatic heterocycles. The van der Waals surface area contributed by atoms with E-state index in [2.05, 4.69) is 0 Å². The molecule has 1 unspecified atom stereocenters. The molecule has 0 aliphatic carbocycles. The molecule has 1 atom stereocenters. The predicted octanol–water partition coefficient (Wildman–Crippen LogP) is 3.71. The largest absolute Gasteiger partial charge is 0.480 e. The molecule has 0 fully saturated rings. The maximum atomic E-state index is 12.5. The molecule has 152 valence electrons. The Morgan fingerprint density at radius 3 is 2.18 bits per heavy atom. The van der Waals surface area contributed by atoms with Gasteiger partial charge in [-0.2, -0.15) is 0 Å². The first-order valence-corrected chi connectivity index (χ1v) is 11.2. The van der Waals surface area contributed by atoms with Gasteiger partial charge in [0.1, 0.15) is 0 Å². The van der Waals surface area contributed by atoms with Gasteiger partial charge in [-0.25, -0.2) is 8.42 Å². The fraction of sp³-hybridized carbons (Fsp3) is 0.381. The van der Waals surface area contributed by atoms with Crippen molar-refractivity contribution in [1.29, 1.82) is 0 Å². The summed E-state index contributed by atoms with van der Waals surface area (Å²) in [5.41, 5.74) is 3.01. The summed E-state index contributed by atoms with van der Waals surface area (Å²) in [4.78, 5) is 11.5. The first kappa shape index (κ1) is 22.4. The number of carbonyl (C=O) groups is 1. The molecule has 0 spiro atoms. The molecule has 2 rings (SSSR count). The molecule has 0 aliphatic rings. The van der Waals surface area contributed by atoms with Gasteiger partial charge in [0.25, 0.3) is 0 Å². The lowest BCUT2D eigenvalue weighted by atomic mass is 10.1. The van der Waals surface area contributed by atoms with E-state index in [4.69, 9.17) is 16.3 Å². The van der Waals surface area contributed by atoms with Gasteiger partial charge in [-0.3, -0.25) is 4.79 Å². The van der Waals surface area contributed by atoms with Gasteiger partial charge in [-0.05, 0) is 49.4 Å². The number of carboxylic acids is 1. The molecule has 0 amide bonds. The average Bonchev–Trinajstić information content (AvgIpc) is 2.65. The summed E-state index contributed by atoms with van der Waals surface area (Å²) in [5.74, 6) is -1.53. The fourth-order valence-electron chi connectivity index (χ4n) is 2.75. The van der Waals surface area contributed by atoms with Crippen LogP contribution in [-0.4, -0.2) is 43.7 Å². The van der Waals surface area contributed by atoms with E-state index in [9.17, 15) is 18.3 Å². The minimum atomic E-state index is -3.77. The van der Waals surface area contributed by atoms with Crippen LogP contribution in [0.2, 0.25) is 5.02 Å². The third-order valence-corrected chi connectivity index (χ3v) is 6.81. The van der Waals surface area contributed by atoms with Crippen molar-refractivity contribution >= 4 is 27.4 Å². The number of ether oxygens (including phenoxy) is 1. The van der Waals surface area contributed by atoms with Gasteiger partial charge < -0.3 is 9.84 Å². The lowest BCUT2D eigenvalue weighted by molar-refractivity contribution is -0.136. The van der Waals surface area contributed by atoms with Crippen molar-refractivity contribution in [1.82, 2.24) is 0 Å². The number of sulfone groups is 1. The van der Waals surface area contributed by atoms with E-state index in [1.54, 1.807) is 12.1 Å². The molecule has 2 aromatic rings. The number of hydrogen-bond donors (Lipinski definition) is 1. The molecule has 0 saturated heterocycles. The average molecular weight is 425 g/mol. The van der Waals surface area contributed by atoms with Crippen molar-refractivity contribution in [2.45, 2.75) is 31.4 Å². The normalized spacial score (nSPS) is 12.6. The highest BCUT2D eigenvalue weighted by Gasteiger charge is 2.31. The van der Waals surface area contributed by atoms with Crippen LogP contribution in [0, 0.1) is 6.92 Å². The number of benzene rings is 2. The van der Waals surface area contributed by atoms with Crippen LogP contribution in [-0.2, 0) is 32.2 Å². The summed E-state index contributed by atoms with van der Waals surface area (Å²) in [6, 6.07) is 14.9. The van der Waals surface area contributed by atoms with Crippen LogP contribution in [0.4, 0.5) is 0 Å². The zero-order valence-electron chi connectivity index (χ0n) is 15.8. The van der Waals surface area contributed by atoms with E-state index in [0.29, 0.717) is 24.5 Å². The molecule has 2 aromatic carbocycles. The number of halogens is 1. The molecule has 7 heteroatoms. The minimum Gasteiger partial charge on any atom is -0.480 e. The van der Waals surface area contributed by atoms with E-state index < -0.39 is 21.1 Å². The third-order valence-electron chi connectivity index (χ3n) is 4.48. The summed E-state index contributed by atoms with van der Waals surface area (Å²) in [6.07, 6.45) is 0.880. The predicted molar refractivity (Wildman–Crippen MR) is 111 cm³/mol. The van der Waals surface area contributed by atoms with Gasteiger partial charge in [0.2, 0.25) is 0 Å². The van der Waals surface area contributed by atoms with Crippen LogP contribution < -0.4 is 0 Å². The van der Waals surface area contributed by atoms with Crippen LogP contribution in [0.3, 0.4) is 0 Å². The molecule has 1 N–H and O–H groups in total. The van der Waals surface area contributed by atoms with Gasteiger partial charge in [0.15, 0.2) is 15.1 Å². The number of aryl methyl sites for hydroxylation is 2. The molecular formula is C21H25ClO5S. The van der Waals surface area contributed by atoms with Crippen LogP contribution in [0.5, 0.6) is 0 Å². The lowest BCUT2D eigenvalue weighted by Gasteiger charge is -2.14. The van der Waals surface area contributed by atoms with Gasteiger partial charge in [-0.1, -0.05) is 53.6 Å². The van der Waals surface area contributed by atoms with Crippen LogP contribution >= 0.6 is 11.6 Å². The topological polar surface area (TPSA) is 80.7 Å². The summed E-state index contributed by atoms with van der Waals surface area (Å²) < 4.78 is 30.4. The Morgan fingerprint density at radius 1 is 1.00 bits per heavy atom. The van der Waals surface area contributed by atoms with Crippen molar-refractivity contribution in [3.05, 3.63) is 70.2 Å². The number of hydrogen-bond acceptors (Lipinski definition) is 4. The highest BCUT2D eigenvalue weighted by molar-refractivity contribution is 7.92. The molecular weight excluding hydrogens is 400 g/mol. The Morgan fingerprint density at radius 2 is 1.57 bits per heavy atom. The third kappa shape index (κ3) is 7.26. The SMILES string of the molecule is Cc1ccc(CCS(=O)(=O)C(CCOCCc2ccc(Cl)cc2)C(=O)O)cc1. The first-order valence-electron chi connectivity index (χ1n) is 9.10. The molecule has 28 heavy (non-hydrogen) atoms. The van der Waals surface area contributed by atoms with Crippen LogP contribution in [0.15, 0.2) is 48.5 Å². The van der Waals surface area contributed by atoms with Gasteiger partial charge in [0.05, 0.1) is 12.4 Å². The highest BCUT2D eigenvalue weighted by Crippen LogP contribution is 2.13. The number of aliphatic carboxylic acids is 1. The quantitative estimate of drug-likeness (QED) is 0.556. The summed E-state index contributed by atoms with van der Waals surface area (Å²) >= 11 is 5.83. The number of rotatable bonds is 11. The second-order valence-electron chi connectivity index (χ2n) is 6.71. The maximum Gasteiger partial charge on any atom is 0.321 e. The molecule has 0 saturated carbocycles. The van der Waals surface area contributed by atoms with Crippen LogP contribution in [0.25, 0.3) is 0 Å². The van der Waals surface area contributed by atoms with Crippen molar-refractivity contribution < 1.29 is 23.1 Å². The minimum absolute atomic E-state index is 0.0633. The molecule has 0 heterocycles. The Bertz CT molecular complexity index is 861. The molecule has 0 aromatic heterocycles. The van der Waals surface area contributed by atoms with Crippen molar-refractivity contribution in [2.24, 2.45) is 0 Å². The smallest absolute Gasteiger partial charge is 0.321 e. The monoisotopic (exact) mass is 424 g/mol. The molecule has 5 nitrogen and oxygen atoms in total. The maximum absolute atomic E-state index is 12.5. The van der Waals surface area contributed by atoms with E-state index in [0.717, 1.165) is 16.7 Å². The van der Waals surface area contributed by atoms with Gasteiger partial charge in [0, 0.05) is 11.6 Å². The van der Waals surface area contributed by atoms with Gasteiger partial charge >= 0.3 is 5.97 Å². The fourth-order valence-corrected chi connectivity index (χ4v) is 4.44. The van der Waals surface area contributed by atoms with E-state index in [-0.39, 0.29) is 18.8 Å². The van der Waals surface area contributed by atoms with Gasteiger partial charge in [-0.15, -0.1) is 0 Å². The first-order chi connectivity index (χ1) is 13.3. The second kappa shape index (κ2) is 10.6. The van der Waals surface area contributed by atoms with Crippen molar-refractivity contribution in [3.8, 4) is 0 Å². The Kier molecular flexibility index (Phi) is 8.48. The summed E-state index contributed by atoms with van der Waals surface area (Å²) in [7, 11) is -3.77. The van der Waals surface area contributed by atoms with E-state index in [1.807, 2.05) is 43.3 Å². The summed E-state index contributed by atoms with van der Waals surface area (Å²) in [6.45, 7) is 2.42. The molecule has 0 bridgehead atoms. The standard InChI is InChI=1S/C21H25ClO5S/c1-16-2-4-18(5-3-16)12-15-28(25,26)20(21(23)24)11-14-27-13-10-17-6-8-19(22)9-7-17/h2-9,20H,10-15H2,1H3,(H,23,24). The van der Waals surface area contributed by atoms with Crippen molar-refractivity contribution in [2.75, 3.05) is 19.0 Å².